The average molecular weight is 396 g/mol. The number of aryl methyl sites for hydroxylation is 2. The van der Waals surface area contributed by atoms with E-state index in [1.165, 1.54) is 12.1 Å². The van der Waals surface area contributed by atoms with E-state index in [-0.39, 0.29) is 17.8 Å². The number of pyridine rings is 1. The van der Waals surface area contributed by atoms with Crippen molar-refractivity contribution in [1.82, 2.24) is 19.5 Å². The van der Waals surface area contributed by atoms with E-state index in [1.807, 2.05) is 30.9 Å². The Morgan fingerprint density at radius 3 is 2.79 bits per heavy atom. The van der Waals surface area contributed by atoms with Crippen molar-refractivity contribution in [1.29, 1.82) is 0 Å². The highest BCUT2D eigenvalue weighted by Crippen LogP contribution is 2.35. The Morgan fingerprint density at radius 2 is 2.04 bits per heavy atom. The number of likely N-dealkylation sites (tertiary alicyclic amines) is 1. The molecule has 5 nitrogen and oxygen atoms in total. The highest BCUT2D eigenvalue weighted by Gasteiger charge is 2.33. The fourth-order valence-corrected chi connectivity index (χ4v) is 4.43. The van der Waals surface area contributed by atoms with Gasteiger partial charge in [0.25, 0.3) is 5.91 Å². The van der Waals surface area contributed by atoms with E-state index in [0.717, 1.165) is 52.6 Å². The number of benzene rings is 1. The van der Waals surface area contributed by atoms with Crippen molar-refractivity contribution in [3.63, 3.8) is 0 Å². The molecular formula is C21H21FN4OS. The summed E-state index contributed by atoms with van der Waals surface area (Å²) < 4.78 is 17.2. The van der Waals surface area contributed by atoms with Crippen LogP contribution >= 0.6 is 11.5 Å². The first kappa shape index (κ1) is 18.7. The van der Waals surface area contributed by atoms with E-state index >= 15 is 0 Å². The summed E-state index contributed by atoms with van der Waals surface area (Å²) in [4.78, 5) is 20.4. The molecule has 28 heavy (non-hydrogen) atoms. The molecule has 0 saturated carbocycles. The Labute approximate surface area is 167 Å². The molecule has 4 rings (SSSR count). The molecule has 3 aromatic rings. The molecule has 1 fully saturated rings. The van der Waals surface area contributed by atoms with Crippen molar-refractivity contribution in [2.45, 2.75) is 39.2 Å². The van der Waals surface area contributed by atoms with Gasteiger partial charge < -0.3 is 4.90 Å². The maximum absolute atomic E-state index is 13.3. The van der Waals surface area contributed by atoms with E-state index in [0.29, 0.717) is 17.8 Å². The van der Waals surface area contributed by atoms with Gasteiger partial charge in [-0.2, -0.15) is 0 Å². The molecule has 2 aromatic heterocycles. The largest absolute Gasteiger partial charge is 0.329 e. The van der Waals surface area contributed by atoms with Gasteiger partial charge in [0.1, 0.15) is 10.7 Å². The van der Waals surface area contributed by atoms with Gasteiger partial charge in [0.2, 0.25) is 0 Å². The summed E-state index contributed by atoms with van der Waals surface area (Å²) in [5, 5.41) is 4.07. The minimum Gasteiger partial charge on any atom is -0.329 e. The molecule has 1 aliphatic heterocycles. The minimum absolute atomic E-state index is 0.0130. The fraction of sp³-hybridized carbons (Fsp3) is 0.333. The molecule has 0 radical (unpaired) electrons. The van der Waals surface area contributed by atoms with Gasteiger partial charge in [-0.1, -0.05) is 23.5 Å². The summed E-state index contributed by atoms with van der Waals surface area (Å²) >= 11 is 1.16. The van der Waals surface area contributed by atoms with Gasteiger partial charge in [-0.15, -0.1) is 5.10 Å². The van der Waals surface area contributed by atoms with E-state index in [4.69, 9.17) is 4.98 Å². The molecule has 1 amide bonds. The van der Waals surface area contributed by atoms with Gasteiger partial charge in [0.15, 0.2) is 0 Å². The Kier molecular flexibility index (Phi) is 5.17. The Morgan fingerprint density at radius 1 is 1.25 bits per heavy atom. The molecule has 0 N–H and O–H groups in total. The number of amides is 1. The van der Waals surface area contributed by atoms with Crippen molar-refractivity contribution in [2.75, 3.05) is 6.54 Å². The van der Waals surface area contributed by atoms with Crippen LogP contribution in [0.5, 0.6) is 0 Å². The van der Waals surface area contributed by atoms with E-state index in [2.05, 4.69) is 9.59 Å². The maximum Gasteiger partial charge on any atom is 0.268 e. The Balaban J connectivity index is 1.68. The molecule has 0 unspecified atom stereocenters. The third-order valence-electron chi connectivity index (χ3n) is 5.09. The standard InChI is InChI=1S/C21H21FN4OS/c1-3-17-20(28-25-24-17)21(27)26-10-4-5-19(26)18-12-15(11-13(2)23-18)14-6-8-16(22)9-7-14/h6-9,11-12,19H,3-5,10H2,1-2H3/t19-/m1/s1. The van der Waals surface area contributed by atoms with Gasteiger partial charge in [-0.05, 0) is 73.1 Å². The summed E-state index contributed by atoms with van der Waals surface area (Å²) in [7, 11) is 0. The third kappa shape index (κ3) is 3.54. The zero-order chi connectivity index (χ0) is 19.7. The molecule has 0 spiro atoms. The number of carbonyl (C=O) groups is 1. The lowest BCUT2D eigenvalue weighted by atomic mass is 10.0. The highest BCUT2D eigenvalue weighted by atomic mass is 32.1. The molecule has 7 heteroatoms. The lowest BCUT2D eigenvalue weighted by Gasteiger charge is -2.24. The normalized spacial score (nSPS) is 16.5. The van der Waals surface area contributed by atoms with E-state index in [9.17, 15) is 9.18 Å². The molecule has 0 bridgehead atoms. The molecule has 144 valence electrons. The van der Waals surface area contributed by atoms with Crippen LogP contribution in [0.25, 0.3) is 11.1 Å². The SMILES string of the molecule is CCc1nnsc1C(=O)N1CCC[C@@H]1c1cc(-c2ccc(F)cc2)cc(C)n1. The first-order valence-electron chi connectivity index (χ1n) is 9.43. The van der Waals surface area contributed by atoms with Gasteiger partial charge in [-0.3, -0.25) is 9.78 Å². The van der Waals surface area contributed by atoms with Crippen molar-refractivity contribution in [3.8, 4) is 11.1 Å². The Hall–Kier alpha value is -2.67. The topological polar surface area (TPSA) is 59.0 Å². The monoisotopic (exact) mass is 396 g/mol. The summed E-state index contributed by atoms with van der Waals surface area (Å²) in [5.74, 6) is -0.270. The van der Waals surface area contributed by atoms with Crippen LogP contribution < -0.4 is 0 Å². The highest BCUT2D eigenvalue weighted by molar-refractivity contribution is 7.08. The van der Waals surface area contributed by atoms with Gasteiger partial charge in [0.05, 0.1) is 17.4 Å². The molecular weight excluding hydrogens is 375 g/mol. The zero-order valence-electron chi connectivity index (χ0n) is 15.9. The van der Waals surface area contributed by atoms with Crippen LogP contribution in [0, 0.1) is 12.7 Å². The Bertz CT molecular complexity index is 1000. The third-order valence-corrected chi connectivity index (χ3v) is 5.85. The molecule has 1 aliphatic rings. The average Bonchev–Trinajstić information content (AvgIpc) is 3.37. The van der Waals surface area contributed by atoms with E-state index in [1.54, 1.807) is 12.1 Å². The number of aromatic nitrogens is 3. The molecule has 1 aromatic carbocycles. The lowest BCUT2D eigenvalue weighted by molar-refractivity contribution is 0.0736. The number of rotatable bonds is 4. The first-order valence-corrected chi connectivity index (χ1v) is 10.2. The smallest absolute Gasteiger partial charge is 0.268 e. The number of halogens is 1. The summed E-state index contributed by atoms with van der Waals surface area (Å²) in [6.45, 7) is 4.62. The molecule has 1 saturated heterocycles. The number of hydrogen-bond donors (Lipinski definition) is 0. The second-order valence-electron chi connectivity index (χ2n) is 6.99. The fourth-order valence-electron chi connectivity index (χ4n) is 3.72. The van der Waals surface area contributed by atoms with Crippen LogP contribution in [0.2, 0.25) is 0 Å². The lowest BCUT2D eigenvalue weighted by Crippen LogP contribution is -2.31. The number of nitrogens with zero attached hydrogens (tertiary/aromatic N) is 4. The minimum atomic E-state index is -0.257. The summed E-state index contributed by atoms with van der Waals surface area (Å²) in [6.07, 6.45) is 2.50. The maximum atomic E-state index is 13.3. The van der Waals surface area contributed by atoms with E-state index < -0.39 is 0 Å². The van der Waals surface area contributed by atoms with Crippen LogP contribution in [-0.2, 0) is 6.42 Å². The zero-order valence-corrected chi connectivity index (χ0v) is 16.7. The predicted molar refractivity (Wildman–Crippen MR) is 107 cm³/mol. The van der Waals surface area contributed by atoms with Crippen molar-refractivity contribution in [3.05, 3.63) is 64.2 Å². The van der Waals surface area contributed by atoms with Crippen LogP contribution in [0.3, 0.4) is 0 Å². The molecule has 1 atom stereocenters. The summed E-state index contributed by atoms with van der Waals surface area (Å²) in [6, 6.07) is 10.4. The van der Waals surface area contributed by atoms with Crippen LogP contribution in [0.1, 0.15) is 52.6 Å². The quantitative estimate of drug-likeness (QED) is 0.647. The van der Waals surface area contributed by atoms with Gasteiger partial charge >= 0.3 is 0 Å². The number of hydrogen-bond acceptors (Lipinski definition) is 5. The first-order chi connectivity index (χ1) is 13.6. The molecule has 0 aliphatic carbocycles. The molecule has 3 heterocycles. The van der Waals surface area contributed by atoms with Gasteiger partial charge in [-0.25, -0.2) is 4.39 Å². The number of carbonyl (C=O) groups excluding carboxylic acids is 1. The van der Waals surface area contributed by atoms with Crippen molar-refractivity contribution < 1.29 is 9.18 Å². The second-order valence-corrected chi connectivity index (χ2v) is 7.74. The summed E-state index contributed by atoms with van der Waals surface area (Å²) in [5.41, 5.74) is 4.43. The van der Waals surface area contributed by atoms with Crippen LogP contribution in [0.15, 0.2) is 36.4 Å². The second kappa shape index (κ2) is 7.75. The van der Waals surface area contributed by atoms with Crippen molar-refractivity contribution >= 4 is 17.4 Å². The van der Waals surface area contributed by atoms with Crippen LogP contribution in [0.4, 0.5) is 4.39 Å². The van der Waals surface area contributed by atoms with Gasteiger partial charge in [0, 0.05) is 12.2 Å². The van der Waals surface area contributed by atoms with Crippen molar-refractivity contribution in [2.24, 2.45) is 0 Å². The van der Waals surface area contributed by atoms with Crippen LogP contribution in [-0.4, -0.2) is 31.9 Å². The predicted octanol–water partition coefficient (Wildman–Crippen LogP) is 4.59.